The Balaban J connectivity index is 1.30. The number of hydrogen-bond acceptors (Lipinski definition) is 7. The van der Waals surface area contributed by atoms with E-state index in [2.05, 4.69) is 15.3 Å². The van der Waals surface area contributed by atoms with E-state index < -0.39 is 18.5 Å². The van der Waals surface area contributed by atoms with Crippen LogP contribution in [0.1, 0.15) is 16.1 Å². The van der Waals surface area contributed by atoms with Crippen LogP contribution >= 0.6 is 0 Å². The lowest BCUT2D eigenvalue weighted by atomic mass is 10.2. The number of carbonyl (C=O) groups is 2. The quantitative estimate of drug-likeness (QED) is 0.689. The van der Waals surface area contributed by atoms with E-state index in [0.717, 1.165) is 5.56 Å². The number of para-hydroxylation sites is 2. The van der Waals surface area contributed by atoms with Crippen molar-refractivity contribution in [2.75, 3.05) is 13.4 Å². The highest BCUT2D eigenvalue weighted by molar-refractivity contribution is 5.91. The average Bonchev–Trinajstić information content (AvgIpc) is 3.18. The molecule has 0 radical (unpaired) electrons. The summed E-state index contributed by atoms with van der Waals surface area (Å²) in [6.07, 6.45) is 1.33. The van der Waals surface area contributed by atoms with E-state index in [1.807, 2.05) is 12.1 Å². The Bertz CT molecular complexity index is 1020. The number of ether oxygens (including phenoxy) is 3. The van der Waals surface area contributed by atoms with E-state index in [9.17, 15) is 9.59 Å². The third kappa shape index (κ3) is 3.79. The molecule has 1 N–H and O–H groups in total. The van der Waals surface area contributed by atoms with Crippen LogP contribution < -0.4 is 14.8 Å². The van der Waals surface area contributed by atoms with Crippen molar-refractivity contribution in [3.8, 4) is 11.5 Å². The molecule has 0 aliphatic carbocycles. The van der Waals surface area contributed by atoms with Crippen LogP contribution in [0.2, 0.25) is 0 Å². The molecule has 8 heteroatoms. The molecule has 2 heterocycles. The van der Waals surface area contributed by atoms with Crippen molar-refractivity contribution in [3.05, 3.63) is 59.9 Å². The summed E-state index contributed by atoms with van der Waals surface area (Å²) >= 11 is 0. The van der Waals surface area contributed by atoms with Gasteiger partial charge in [0.25, 0.3) is 5.91 Å². The highest BCUT2D eigenvalue weighted by atomic mass is 16.7. The minimum atomic E-state index is -0.702. The molecule has 1 aromatic heterocycles. The monoisotopic (exact) mass is 365 g/mol. The van der Waals surface area contributed by atoms with Gasteiger partial charge in [0.15, 0.2) is 23.8 Å². The van der Waals surface area contributed by atoms with Gasteiger partial charge in [-0.3, -0.25) is 9.78 Å². The number of nitrogens with one attached hydrogen (secondary N) is 1. The summed E-state index contributed by atoms with van der Waals surface area (Å²) in [5, 5.41) is 2.68. The maximum Gasteiger partial charge on any atom is 0.359 e. The predicted molar refractivity (Wildman–Crippen MR) is 94.2 cm³/mol. The van der Waals surface area contributed by atoms with Crippen LogP contribution in [0.4, 0.5) is 0 Å². The molecule has 1 amide bonds. The zero-order valence-corrected chi connectivity index (χ0v) is 14.2. The van der Waals surface area contributed by atoms with Gasteiger partial charge in [-0.15, -0.1) is 0 Å². The first-order valence-corrected chi connectivity index (χ1v) is 8.23. The van der Waals surface area contributed by atoms with Gasteiger partial charge in [0.2, 0.25) is 6.79 Å². The molecule has 0 atom stereocenters. The van der Waals surface area contributed by atoms with Gasteiger partial charge in [-0.05, 0) is 29.8 Å². The molecule has 0 bridgehead atoms. The molecular formula is C19H15N3O5. The first-order chi connectivity index (χ1) is 13.2. The van der Waals surface area contributed by atoms with Gasteiger partial charge in [-0.25, -0.2) is 9.78 Å². The normalized spacial score (nSPS) is 12.0. The van der Waals surface area contributed by atoms with Crippen LogP contribution in [0.5, 0.6) is 11.5 Å². The fraction of sp³-hybridized carbons (Fsp3) is 0.158. The van der Waals surface area contributed by atoms with Gasteiger partial charge < -0.3 is 19.5 Å². The lowest BCUT2D eigenvalue weighted by molar-refractivity contribution is -0.124. The maximum atomic E-state index is 12.1. The first-order valence-electron chi connectivity index (χ1n) is 8.23. The van der Waals surface area contributed by atoms with Gasteiger partial charge in [0.05, 0.1) is 17.2 Å². The van der Waals surface area contributed by atoms with Crippen LogP contribution in [-0.4, -0.2) is 35.2 Å². The molecular weight excluding hydrogens is 350 g/mol. The number of nitrogens with zero attached hydrogens (tertiary/aromatic N) is 2. The fourth-order valence-electron chi connectivity index (χ4n) is 2.56. The largest absolute Gasteiger partial charge is 0.454 e. The second-order valence-electron chi connectivity index (χ2n) is 5.78. The molecule has 0 saturated heterocycles. The van der Waals surface area contributed by atoms with Crippen LogP contribution in [0.15, 0.2) is 48.7 Å². The van der Waals surface area contributed by atoms with Crippen LogP contribution in [0.25, 0.3) is 11.0 Å². The average molecular weight is 365 g/mol. The molecule has 8 nitrogen and oxygen atoms in total. The number of hydrogen-bond donors (Lipinski definition) is 1. The summed E-state index contributed by atoms with van der Waals surface area (Å²) in [5.74, 6) is 0.194. The van der Waals surface area contributed by atoms with Gasteiger partial charge in [-0.1, -0.05) is 18.2 Å². The maximum absolute atomic E-state index is 12.1. The summed E-state index contributed by atoms with van der Waals surface area (Å²) in [6, 6.07) is 12.6. The van der Waals surface area contributed by atoms with Crippen LogP contribution in [0.3, 0.4) is 0 Å². The Morgan fingerprint density at radius 2 is 1.89 bits per heavy atom. The smallest absolute Gasteiger partial charge is 0.359 e. The molecule has 0 fully saturated rings. The molecule has 0 saturated carbocycles. The number of amides is 1. The van der Waals surface area contributed by atoms with E-state index in [4.69, 9.17) is 14.2 Å². The summed E-state index contributed by atoms with van der Waals surface area (Å²) < 4.78 is 15.5. The summed E-state index contributed by atoms with van der Waals surface area (Å²) in [7, 11) is 0. The fourth-order valence-corrected chi connectivity index (χ4v) is 2.56. The third-order valence-corrected chi connectivity index (χ3v) is 3.92. The summed E-state index contributed by atoms with van der Waals surface area (Å²) in [6.45, 7) is 0.0689. The molecule has 27 heavy (non-hydrogen) atoms. The van der Waals surface area contributed by atoms with E-state index in [1.165, 1.54) is 6.20 Å². The predicted octanol–water partition coefficient (Wildman–Crippen LogP) is 1.83. The number of esters is 1. The van der Waals surface area contributed by atoms with E-state index in [1.54, 1.807) is 30.3 Å². The second-order valence-corrected chi connectivity index (χ2v) is 5.78. The lowest BCUT2D eigenvalue weighted by Gasteiger charge is -2.07. The highest BCUT2D eigenvalue weighted by Gasteiger charge is 2.15. The standard InChI is InChI=1S/C19H15N3O5/c23-18(21-8-12-5-6-16-17(7-12)27-11-26-16)10-25-19(24)15-9-20-13-3-1-2-4-14(13)22-15/h1-7,9H,8,10-11H2,(H,21,23). The number of benzene rings is 2. The zero-order chi connectivity index (χ0) is 18.6. The number of fused-ring (bicyclic) bond motifs is 2. The lowest BCUT2D eigenvalue weighted by Crippen LogP contribution is -2.28. The van der Waals surface area contributed by atoms with E-state index >= 15 is 0 Å². The van der Waals surface area contributed by atoms with Gasteiger partial charge in [0, 0.05) is 6.54 Å². The van der Waals surface area contributed by atoms with Crippen molar-refractivity contribution in [1.29, 1.82) is 0 Å². The minimum absolute atomic E-state index is 0.0530. The highest BCUT2D eigenvalue weighted by Crippen LogP contribution is 2.32. The van der Waals surface area contributed by atoms with Crippen molar-refractivity contribution in [3.63, 3.8) is 0 Å². The summed E-state index contributed by atoms with van der Waals surface area (Å²) in [4.78, 5) is 32.3. The topological polar surface area (TPSA) is 99.6 Å². The molecule has 1 aliphatic rings. The Morgan fingerprint density at radius 3 is 2.78 bits per heavy atom. The van der Waals surface area contributed by atoms with Crippen molar-refractivity contribution >= 4 is 22.9 Å². The van der Waals surface area contributed by atoms with Gasteiger partial charge >= 0.3 is 5.97 Å². The molecule has 1 aliphatic heterocycles. The Labute approximate surface area is 154 Å². The number of aromatic nitrogens is 2. The van der Waals surface area contributed by atoms with E-state index in [0.29, 0.717) is 22.5 Å². The number of carbonyl (C=O) groups excluding carboxylic acids is 2. The van der Waals surface area contributed by atoms with Crippen LogP contribution in [-0.2, 0) is 16.1 Å². The molecule has 0 spiro atoms. The van der Waals surface area contributed by atoms with Gasteiger partial charge in [-0.2, -0.15) is 0 Å². The molecule has 4 rings (SSSR count). The van der Waals surface area contributed by atoms with Crippen molar-refractivity contribution in [1.82, 2.24) is 15.3 Å². The van der Waals surface area contributed by atoms with Crippen molar-refractivity contribution < 1.29 is 23.8 Å². The minimum Gasteiger partial charge on any atom is -0.454 e. The SMILES string of the molecule is O=C(COC(=O)c1cnc2ccccc2n1)NCc1ccc2c(c1)OCO2. The third-order valence-electron chi connectivity index (χ3n) is 3.92. The zero-order valence-electron chi connectivity index (χ0n) is 14.2. The van der Waals surface area contributed by atoms with Gasteiger partial charge in [0.1, 0.15) is 0 Å². The number of rotatable bonds is 5. The van der Waals surface area contributed by atoms with Crippen molar-refractivity contribution in [2.45, 2.75) is 6.54 Å². The Morgan fingerprint density at radius 1 is 1.07 bits per heavy atom. The molecule has 3 aromatic rings. The molecule has 0 unspecified atom stereocenters. The first kappa shape index (κ1) is 16.8. The summed E-state index contributed by atoms with van der Waals surface area (Å²) in [5.41, 5.74) is 2.16. The Kier molecular flexibility index (Phi) is 4.52. The van der Waals surface area contributed by atoms with Crippen molar-refractivity contribution in [2.24, 2.45) is 0 Å². The van der Waals surface area contributed by atoms with E-state index in [-0.39, 0.29) is 19.0 Å². The molecule has 2 aromatic carbocycles. The Hall–Kier alpha value is -3.68. The molecule has 136 valence electrons. The second kappa shape index (κ2) is 7.28. The van der Waals surface area contributed by atoms with Crippen LogP contribution in [0, 0.1) is 0 Å².